The minimum atomic E-state index is -0.625. The maximum Gasteiger partial charge on any atom is 0.328 e. The van der Waals surface area contributed by atoms with Crippen LogP contribution in [0.3, 0.4) is 0 Å². The summed E-state index contributed by atoms with van der Waals surface area (Å²) in [6.45, 7) is 10.7. The van der Waals surface area contributed by atoms with Crippen molar-refractivity contribution in [3.8, 4) is 0 Å². The maximum atomic E-state index is 12.6. The molecular weight excluding hydrogens is 462 g/mol. The van der Waals surface area contributed by atoms with E-state index in [-0.39, 0.29) is 17.8 Å². The fourth-order valence-electron chi connectivity index (χ4n) is 3.53. The molecule has 0 aliphatic heterocycles. The lowest BCUT2D eigenvalue weighted by Crippen LogP contribution is -2.47. The molecule has 0 radical (unpaired) electrons. The average Bonchev–Trinajstić information content (AvgIpc) is 2.87. The molecule has 0 aromatic heterocycles. The number of carbonyl (C=O) groups excluding carboxylic acids is 2. The molecule has 1 N–H and O–H groups in total. The fraction of sp³-hybridized carbons (Fsp3) is 0.625. The molecule has 0 heterocycles. The summed E-state index contributed by atoms with van der Waals surface area (Å²) in [7, 11) is 0. The van der Waals surface area contributed by atoms with Crippen molar-refractivity contribution in [2.45, 2.75) is 111 Å². The SMILES string of the molecule is CC/C=C\C/C=C\C/C=C\C/C=C\C/C=C\CCCCOC(CC)C(=O)N[C@@H](CC(C)C)C(=O)OCC. The van der Waals surface area contributed by atoms with Crippen molar-refractivity contribution in [3.05, 3.63) is 60.8 Å². The van der Waals surface area contributed by atoms with Gasteiger partial charge in [0.1, 0.15) is 12.1 Å². The van der Waals surface area contributed by atoms with Gasteiger partial charge in [-0.25, -0.2) is 4.79 Å². The molecule has 1 amide bonds. The van der Waals surface area contributed by atoms with Crippen molar-refractivity contribution in [2.24, 2.45) is 5.92 Å². The van der Waals surface area contributed by atoms with Crippen LogP contribution in [0.4, 0.5) is 0 Å². The first-order valence-corrected chi connectivity index (χ1v) is 14.3. The highest BCUT2D eigenvalue weighted by Gasteiger charge is 2.26. The van der Waals surface area contributed by atoms with Gasteiger partial charge in [0.15, 0.2) is 0 Å². The zero-order valence-electron chi connectivity index (χ0n) is 24.1. The third kappa shape index (κ3) is 21.4. The molecule has 0 aromatic rings. The van der Waals surface area contributed by atoms with Crippen LogP contribution in [0.15, 0.2) is 60.8 Å². The van der Waals surface area contributed by atoms with Crippen LogP contribution in [0.25, 0.3) is 0 Å². The molecular formula is C32H53NO4. The van der Waals surface area contributed by atoms with Gasteiger partial charge < -0.3 is 14.8 Å². The quantitative estimate of drug-likeness (QED) is 0.0907. The second kappa shape index (κ2) is 25.3. The Kier molecular flexibility index (Phi) is 23.6. The Labute approximate surface area is 227 Å². The third-order valence-electron chi connectivity index (χ3n) is 5.50. The molecule has 0 saturated carbocycles. The topological polar surface area (TPSA) is 64.6 Å². The molecule has 5 heteroatoms. The smallest absolute Gasteiger partial charge is 0.328 e. The Morgan fingerprint density at radius 2 is 1.30 bits per heavy atom. The zero-order valence-corrected chi connectivity index (χ0v) is 24.1. The zero-order chi connectivity index (χ0) is 27.6. The molecule has 0 fully saturated rings. The minimum Gasteiger partial charge on any atom is -0.464 e. The number of esters is 1. The van der Waals surface area contributed by atoms with E-state index in [9.17, 15) is 9.59 Å². The molecule has 0 rings (SSSR count). The first-order chi connectivity index (χ1) is 18.0. The Balaban J connectivity index is 4.01. The normalized spacial score (nSPS) is 14.1. The number of nitrogens with one attached hydrogen (secondary N) is 1. The highest BCUT2D eigenvalue weighted by atomic mass is 16.5. The highest BCUT2D eigenvalue weighted by Crippen LogP contribution is 2.09. The van der Waals surface area contributed by atoms with Crippen LogP contribution >= 0.6 is 0 Å². The predicted molar refractivity (Wildman–Crippen MR) is 156 cm³/mol. The van der Waals surface area contributed by atoms with Gasteiger partial charge in [-0.05, 0) is 77.0 Å². The first kappa shape index (κ1) is 34.6. The second-order valence-corrected chi connectivity index (χ2v) is 9.41. The monoisotopic (exact) mass is 515 g/mol. The molecule has 0 bridgehead atoms. The van der Waals surface area contributed by atoms with E-state index < -0.39 is 12.1 Å². The van der Waals surface area contributed by atoms with E-state index >= 15 is 0 Å². The standard InChI is InChI=1S/C32H53NO4/c1-6-9-10-11-12-13-14-15-16-17-18-19-20-21-22-23-24-25-26-37-30(7-2)31(34)33-29(27-28(4)5)32(35)36-8-3/h9-10,12-13,15-16,18-19,21-22,28-30H,6-8,11,14,17,20,23-27H2,1-5H3,(H,33,34)/b10-9-,13-12-,16-15-,19-18-,22-21-/t29-,30?/m0/s1. The summed E-state index contributed by atoms with van der Waals surface area (Å²) >= 11 is 0. The summed E-state index contributed by atoms with van der Waals surface area (Å²) in [5.74, 6) is -0.345. The lowest BCUT2D eigenvalue weighted by Gasteiger charge is -2.22. The van der Waals surface area contributed by atoms with Gasteiger partial charge in [0.05, 0.1) is 6.61 Å². The third-order valence-corrected chi connectivity index (χ3v) is 5.50. The van der Waals surface area contributed by atoms with E-state index in [1.807, 2.05) is 20.8 Å². The molecule has 0 saturated heterocycles. The van der Waals surface area contributed by atoms with Crippen LogP contribution in [0.1, 0.15) is 98.8 Å². The summed E-state index contributed by atoms with van der Waals surface area (Å²) in [4.78, 5) is 24.8. The number of rotatable bonds is 22. The molecule has 2 atom stereocenters. The van der Waals surface area contributed by atoms with Gasteiger partial charge in [-0.3, -0.25) is 4.79 Å². The van der Waals surface area contributed by atoms with Crippen LogP contribution < -0.4 is 5.32 Å². The maximum absolute atomic E-state index is 12.6. The lowest BCUT2D eigenvalue weighted by atomic mass is 10.0. The van der Waals surface area contributed by atoms with E-state index in [1.54, 1.807) is 6.92 Å². The van der Waals surface area contributed by atoms with Crippen LogP contribution in [0.5, 0.6) is 0 Å². The molecule has 5 nitrogen and oxygen atoms in total. The minimum absolute atomic E-state index is 0.237. The molecule has 37 heavy (non-hydrogen) atoms. The average molecular weight is 516 g/mol. The lowest BCUT2D eigenvalue weighted by molar-refractivity contribution is -0.149. The van der Waals surface area contributed by atoms with Crippen LogP contribution in [-0.2, 0) is 19.1 Å². The summed E-state index contributed by atoms with van der Waals surface area (Å²) < 4.78 is 10.9. The Morgan fingerprint density at radius 3 is 1.78 bits per heavy atom. The van der Waals surface area contributed by atoms with Crippen molar-refractivity contribution in [3.63, 3.8) is 0 Å². The second-order valence-electron chi connectivity index (χ2n) is 9.41. The van der Waals surface area contributed by atoms with E-state index in [0.717, 1.165) is 51.4 Å². The van der Waals surface area contributed by atoms with Crippen LogP contribution in [0.2, 0.25) is 0 Å². The number of hydrogen-bond donors (Lipinski definition) is 1. The Morgan fingerprint density at radius 1 is 0.757 bits per heavy atom. The van der Waals surface area contributed by atoms with Crippen molar-refractivity contribution < 1.29 is 19.1 Å². The Bertz CT molecular complexity index is 718. The molecule has 0 aliphatic rings. The highest BCUT2D eigenvalue weighted by molar-refractivity contribution is 5.86. The van der Waals surface area contributed by atoms with Crippen molar-refractivity contribution in [1.82, 2.24) is 5.32 Å². The number of unbranched alkanes of at least 4 members (excludes halogenated alkanes) is 2. The summed E-state index contributed by atoms with van der Waals surface area (Å²) in [6, 6.07) is -0.625. The fourth-order valence-corrected chi connectivity index (χ4v) is 3.53. The molecule has 0 spiro atoms. The largest absolute Gasteiger partial charge is 0.464 e. The van der Waals surface area contributed by atoms with E-state index in [1.165, 1.54) is 0 Å². The summed E-state index contributed by atoms with van der Waals surface area (Å²) in [5.41, 5.74) is 0. The molecule has 210 valence electrons. The molecule has 0 aliphatic carbocycles. The van der Waals surface area contributed by atoms with Gasteiger partial charge in [-0.2, -0.15) is 0 Å². The van der Waals surface area contributed by atoms with Gasteiger partial charge in [0.25, 0.3) is 0 Å². The summed E-state index contributed by atoms with van der Waals surface area (Å²) in [5, 5.41) is 2.83. The van der Waals surface area contributed by atoms with Gasteiger partial charge >= 0.3 is 5.97 Å². The first-order valence-electron chi connectivity index (χ1n) is 14.3. The number of carbonyl (C=O) groups is 2. The van der Waals surface area contributed by atoms with Crippen molar-refractivity contribution >= 4 is 11.9 Å². The Hall–Kier alpha value is -2.40. The number of ether oxygens (including phenoxy) is 2. The van der Waals surface area contributed by atoms with E-state index in [0.29, 0.717) is 26.1 Å². The molecule has 1 unspecified atom stereocenters. The van der Waals surface area contributed by atoms with Crippen LogP contribution in [0, 0.1) is 5.92 Å². The van der Waals surface area contributed by atoms with Gasteiger partial charge in [0, 0.05) is 6.61 Å². The van der Waals surface area contributed by atoms with Crippen LogP contribution in [-0.4, -0.2) is 37.2 Å². The summed E-state index contributed by atoms with van der Waals surface area (Å²) in [6.07, 6.45) is 30.5. The van der Waals surface area contributed by atoms with E-state index in [4.69, 9.17) is 9.47 Å². The van der Waals surface area contributed by atoms with Gasteiger partial charge in [-0.15, -0.1) is 0 Å². The van der Waals surface area contributed by atoms with Gasteiger partial charge in [-0.1, -0.05) is 88.5 Å². The number of amides is 1. The van der Waals surface area contributed by atoms with E-state index in [2.05, 4.69) is 73.0 Å². The molecule has 0 aromatic carbocycles. The number of allylic oxidation sites excluding steroid dienone is 10. The predicted octanol–water partition coefficient (Wildman–Crippen LogP) is 7.80. The number of hydrogen-bond acceptors (Lipinski definition) is 4. The van der Waals surface area contributed by atoms with Crippen molar-refractivity contribution in [2.75, 3.05) is 13.2 Å². The van der Waals surface area contributed by atoms with Crippen molar-refractivity contribution in [1.29, 1.82) is 0 Å². The van der Waals surface area contributed by atoms with Gasteiger partial charge in [0.2, 0.25) is 5.91 Å².